The lowest BCUT2D eigenvalue weighted by atomic mass is 10.1. The van der Waals surface area contributed by atoms with E-state index in [0.717, 1.165) is 11.1 Å². The Kier molecular flexibility index (Phi) is 4.64. The van der Waals surface area contributed by atoms with Crippen LogP contribution in [0.4, 0.5) is 0 Å². The van der Waals surface area contributed by atoms with Crippen LogP contribution in [-0.2, 0) is 6.54 Å². The summed E-state index contributed by atoms with van der Waals surface area (Å²) < 4.78 is 5.40. The third-order valence-corrected chi connectivity index (χ3v) is 2.17. The van der Waals surface area contributed by atoms with Gasteiger partial charge in [-0.1, -0.05) is 11.2 Å². The Morgan fingerprint density at radius 1 is 1.56 bits per heavy atom. The van der Waals surface area contributed by atoms with Crippen molar-refractivity contribution < 1.29 is 9.84 Å². The third-order valence-electron chi connectivity index (χ3n) is 2.17. The van der Waals surface area contributed by atoms with E-state index < -0.39 is 6.10 Å². The zero-order valence-corrected chi connectivity index (χ0v) is 9.42. The van der Waals surface area contributed by atoms with E-state index in [4.69, 9.17) is 10.3 Å². The Labute approximate surface area is 94.3 Å². The normalized spacial score (nSPS) is 11.7. The number of aliphatic hydroxyl groups excluding tert-OH is 1. The first kappa shape index (κ1) is 12.4. The van der Waals surface area contributed by atoms with Gasteiger partial charge in [0.2, 0.25) is 0 Å². The van der Waals surface area contributed by atoms with Gasteiger partial charge in [-0.2, -0.15) is 0 Å². The molecule has 0 fully saturated rings. The maximum absolute atomic E-state index is 9.45. The van der Waals surface area contributed by atoms with Gasteiger partial charge in [-0.15, -0.1) is 0 Å². The molecule has 0 radical (unpaired) electrons. The molecule has 1 N–H and O–H groups in total. The number of ether oxygens (including phenoxy) is 1. The molecule has 0 amide bonds. The highest BCUT2D eigenvalue weighted by Gasteiger charge is 2.07. The minimum atomic E-state index is -0.541. The average Bonchev–Trinajstić information content (AvgIpc) is 2.27. The van der Waals surface area contributed by atoms with E-state index in [2.05, 4.69) is 10.0 Å². The van der Waals surface area contributed by atoms with Crippen molar-refractivity contribution in [1.82, 2.24) is 0 Å². The van der Waals surface area contributed by atoms with Gasteiger partial charge in [-0.05, 0) is 37.1 Å². The molecule has 1 unspecified atom stereocenters. The van der Waals surface area contributed by atoms with Crippen LogP contribution in [0.3, 0.4) is 0 Å². The van der Waals surface area contributed by atoms with Crippen molar-refractivity contribution in [3.8, 4) is 5.75 Å². The first-order valence-corrected chi connectivity index (χ1v) is 5.13. The second-order valence-corrected chi connectivity index (χ2v) is 3.37. The molecular formula is C11H15N3O2. The zero-order valence-electron chi connectivity index (χ0n) is 9.42. The fraction of sp³-hybridized carbons (Fsp3) is 0.455. The van der Waals surface area contributed by atoms with E-state index in [1.165, 1.54) is 0 Å². The highest BCUT2D eigenvalue weighted by Crippen LogP contribution is 2.24. The summed E-state index contributed by atoms with van der Waals surface area (Å²) in [5.41, 5.74) is 9.87. The number of rotatable bonds is 5. The smallest absolute Gasteiger partial charge is 0.122 e. The second kappa shape index (κ2) is 6.00. The quantitative estimate of drug-likeness (QED) is 0.471. The van der Waals surface area contributed by atoms with Crippen LogP contribution < -0.4 is 4.74 Å². The first-order valence-electron chi connectivity index (χ1n) is 5.13. The van der Waals surface area contributed by atoms with Crippen molar-refractivity contribution in [2.24, 2.45) is 5.11 Å². The lowest BCUT2D eigenvalue weighted by Gasteiger charge is -2.11. The zero-order chi connectivity index (χ0) is 12.0. The second-order valence-electron chi connectivity index (χ2n) is 3.37. The summed E-state index contributed by atoms with van der Waals surface area (Å²) in [6, 6.07) is 5.38. The number of azide groups is 1. The molecule has 0 aliphatic heterocycles. The standard InChI is InChI=1S/C11H15N3O2/c1-3-16-11-5-4-9(8(2)15)6-10(11)7-13-14-12/h4-6,8,15H,3,7H2,1-2H3. The topological polar surface area (TPSA) is 78.2 Å². The molecule has 1 rings (SSSR count). The van der Waals surface area contributed by atoms with Gasteiger partial charge in [0, 0.05) is 10.5 Å². The summed E-state index contributed by atoms with van der Waals surface area (Å²) in [7, 11) is 0. The molecule has 0 saturated heterocycles. The lowest BCUT2D eigenvalue weighted by Crippen LogP contribution is -1.99. The van der Waals surface area contributed by atoms with Crippen molar-refractivity contribution in [2.75, 3.05) is 6.61 Å². The van der Waals surface area contributed by atoms with Gasteiger partial charge in [-0.3, -0.25) is 0 Å². The Morgan fingerprint density at radius 2 is 2.31 bits per heavy atom. The molecule has 0 heterocycles. The van der Waals surface area contributed by atoms with Crippen LogP contribution in [0.5, 0.6) is 5.75 Å². The Balaban J connectivity index is 3.04. The number of hydrogen-bond acceptors (Lipinski definition) is 3. The van der Waals surface area contributed by atoms with Gasteiger partial charge < -0.3 is 9.84 Å². The van der Waals surface area contributed by atoms with Crippen LogP contribution in [0.25, 0.3) is 10.4 Å². The Hall–Kier alpha value is -1.71. The molecule has 0 aliphatic rings. The highest BCUT2D eigenvalue weighted by atomic mass is 16.5. The molecule has 0 spiro atoms. The van der Waals surface area contributed by atoms with Crippen molar-refractivity contribution in [2.45, 2.75) is 26.5 Å². The molecule has 0 aromatic heterocycles. The molecule has 0 saturated carbocycles. The number of aliphatic hydroxyl groups is 1. The van der Waals surface area contributed by atoms with Crippen LogP contribution in [0.1, 0.15) is 31.1 Å². The first-order chi connectivity index (χ1) is 7.69. The maximum Gasteiger partial charge on any atom is 0.122 e. The van der Waals surface area contributed by atoms with Gasteiger partial charge in [0.25, 0.3) is 0 Å². The van der Waals surface area contributed by atoms with E-state index >= 15 is 0 Å². The predicted octanol–water partition coefficient (Wildman–Crippen LogP) is 2.95. The van der Waals surface area contributed by atoms with Crippen LogP contribution in [0, 0.1) is 0 Å². The van der Waals surface area contributed by atoms with Gasteiger partial charge in [0.15, 0.2) is 0 Å². The van der Waals surface area contributed by atoms with Crippen LogP contribution in [0.2, 0.25) is 0 Å². The summed E-state index contributed by atoms with van der Waals surface area (Å²) in [5, 5.41) is 13.0. The molecule has 1 aromatic rings. The molecule has 5 nitrogen and oxygen atoms in total. The van der Waals surface area contributed by atoms with E-state index in [0.29, 0.717) is 12.4 Å². The van der Waals surface area contributed by atoms with Crippen molar-refractivity contribution in [3.05, 3.63) is 39.8 Å². The third kappa shape index (κ3) is 3.15. The van der Waals surface area contributed by atoms with Crippen molar-refractivity contribution in [1.29, 1.82) is 0 Å². The van der Waals surface area contributed by atoms with Crippen molar-refractivity contribution in [3.63, 3.8) is 0 Å². The van der Waals surface area contributed by atoms with Gasteiger partial charge in [0.1, 0.15) is 5.75 Å². The largest absolute Gasteiger partial charge is 0.494 e. The van der Waals surface area contributed by atoms with E-state index in [9.17, 15) is 5.11 Å². The van der Waals surface area contributed by atoms with Crippen LogP contribution in [0.15, 0.2) is 23.3 Å². The van der Waals surface area contributed by atoms with Crippen molar-refractivity contribution >= 4 is 0 Å². The number of nitrogens with zero attached hydrogens (tertiary/aromatic N) is 3. The van der Waals surface area contributed by atoms with Gasteiger partial charge >= 0.3 is 0 Å². The van der Waals surface area contributed by atoms with Crippen LogP contribution >= 0.6 is 0 Å². The predicted molar refractivity (Wildman–Crippen MR) is 61.1 cm³/mol. The molecular weight excluding hydrogens is 206 g/mol. The number of benzene rings is 1. The van der Waals surface area contributed by atoms with Gasteiger partial charge in [0.05, 0.1) is 19.3 Å². The average molecular weight is 221 g/mol. The minimum Gasteiger partial charge on any atom is -0.494 e. The Bertz CT molecular complexity index is 398. The lowest BCUT2D eigenvalue weighted by molar-refractivity contribution is 0.199. The molecule has 0 aliphatic carbocycles. The highest BCUT2D eigenvalue weighted by molar-refractivity contribution is 5.38. The summed E-state index contributed by atoms with van der Waals surface area (Å²) in [4.78, 5) is 2.71. The molecule has 1 atom stereocenters. The summed E-state index contributed by atoms with van der Waals surface area (Å²) in [5.74, 6) is 0.694. The maximum atomic E-state index is 9.45. The molecule has 5 heteroatoms. The molecule has 0 bridgehead atoms. The van der Waals surface area contributed by atoms with Crippen LogP contribution in [-0.4, -0.2) is 11.7 Å². The number of hydrogen-bond donors (Lipinski definition) is 1. The summed E-state index contributed by atoms with van der Waals surface area (Å²) >= 11 is 0. The van der Waals surface area contributed by atoms with E-state index in [1.54, 1.807) is 25.1 Å². The molecule has 1 aromatic carbocycles. The van der Waals surface area contributed by atoms with E-state index in [-0.39, 0.29) is 6.54 Å². The monoisotopic (exact) mass is 221 g/mol. The summed E-state index contributed by atoms with van der Waals surface area (Å²) in [6.45, 7) is 4.36. The molecule has 16 heavy (non-hydrogen) atoms. The SMILES string of the molecule is CCOc1ccc(C(C)O)cc1CN=[N+]=[N-]. The fourth-order valence-electron chi connectivity index (χ4n) is 1.39. The fourth-order valence-corrected chi connectivity index (χ4v) is 1.39. The minimum absolute atomic E-state index is 0.229. The molecule has 86 valence electrons. The summed E-state index contributed by atoms with van der Waals surface area (Å²) in [6.07, 6.45) is -0.541. The Morgan fingerprint density at radius 3 is 2.88 bits per heavy atom. The van der Waals surface area contributed by atoms with Gasteiger partial charge in [-0.25, -0.2) is 0 Å². The van der Waals surface area contributed by atoms with E-state index in [1.807, 2.05) is 6.92 Å².